The first-order valence-electron chi connectivity index (χ1n) is 5.83. The Morgan fingerprint density at radius 1 is 1.24 bits per heavy atom. The van der Waals surface area contributed by atoms with Crippen LogP contribution in [0.25, 0.3) is 11.1 Å². The summed E-state index contributed by atoms with van der Waals surface area (Å²) >= 11 is 1.63. The van der Waals surface area contributed by atoms with Gasteiger partial charge in [0.15, 0.2) is 0 Å². The molecule has 0 amide bonds. The highest BCUT2D eigenvalue weighted by Crippen LogP contribution is 2.24. The summed E-state index contributed by atoms with van der Waals surface area (Å²) in [5.41, 5.74) is 2.77. The molecular formula is C14H16FNS. The summed E-state index contributed by atoms with van der Waals surface area (Å²) in [6.45, 7) is 3.62. The van der Waals surface area contributed by atoms with Gasteiger partial charge in [-0.2, -0.15) is 11.3 Å². The third-order valence-electron chi connectivity index (χ3n) is 2.65. The second-order valence-corrected chi connectivity index (χ2v) is 4.78. The highest BCUT2D eigenvalue weighted by Gasteiger charge is 2.05. The molecular weight excluding hydrogens is 233 g/mol. The maximum Gasteiger partial charge on any atom is 0.128 e. The van der Waals surface area contributed by atoms with E-state index >= 15 is 0 Å². The van der Waals surface area contributed by atoms with Crippen molar-refractivity contribution in [1.82, 2.24) is 5.32 Å². The van der Waals surface area contributed by atoms with E-state index in [1.54, 1.807) is 17.4 Å². The van der Waals surface area contributed by atoms with Gasteiger partial charge >= 0.3 is 0 Å². The SMILES string of the molecule is CCCNCc1ccc(-c2ccsc2)cc1F. The number of benzene rings is 1. The summed E-state index contributed by atoms with van der Waals surface area (Å²) in [6.07, 6.45) is 1.06. The number of thiophene rings is 1. The van der Waals surface area contributed by atoms with Gasteiger partial charge in [0.2, 0.25) is 0 Å². The van der Waals surface area contributed by atoms with Gasteiger partial charge in [0.25, 0.3) is 0 Å². The van der Waals surface area contributed by atoms with Crippen LogP contribution in [-0.2, 0) is 6.54 Å². The number of hydrogen-bond acceptors (Lipinski definition) is 2. The maximum absolute atomic E-state index is 13.8. The zero-order chi connectivity index (χ0) is 12.1. The lowest BCUT2D eigenvalue weighted by Crippen LogP contribution is -2.14. The minimum Gasteiger partial charge on any atom is -0.313 e. The first kappa shape index (κ1) is 12.3. The first-order valence-corrected chi connectivity index (χ1v) is 6.77. The van der Waals surface area contributed by atoms with E-state index in [1.807, 2.05) is 29.0 Å². The third-order valence-corrected chi connectivity index (χ3v) is 3.33. The van der Waals surface area contributed by atoms with E-state index in [0.717, 1.165) is 29.7 Å². The maximum atomic E-state index is 13.8. The smallest absolute Gasteiger partial charge is 0.128 e. The van der Waals surface area contributed by atoms with Gasteiger partial charge in [-0.3, -0.25) is 0 Å². The summed E-state index contributed by atoms with van der Waals surface area (Å²) in [6, 6.07) is 7.47. The topological polar surface area (TPSA) is 12.0 Å². The van der Waals surface area contributed by atoms with Crippen molar-refractivity contribution < 1.29 is 4.39 Å². The Hall–Kier alpha value is -1.19. The quantitative estimate of drug-likeness (QED) is 0.788. The average Bonchev–Trinajstić information content (AvgIpc) is 2.85. The molecule has 1 aromatic heterocycles. The van der Waals surface area contributed by atoms with E-state index in [9.17, 15) is 4.39 Å². The Labute approximate surface area is 105 Å². The highest BCUT2D eigenvalue weighted by atomic mass is 32.1. The predicted molar refractivity (Wildman–Crippen MR) is 71.7 cm³/mol. The van der Waals surface area contributed by atoms with Crippen LogP contribution in [0.5, 0.6) is 0 Å². The van der Waals surface area contributed by atoms with Crippen LogP contribution < -0.4 is 5.32 Å². The molecule has 0 aliphatic rings. The summed E-state index contributed by atoms with van der Waals surface area (Å²) in [7, 11) is 0. The monoisotopic (exact) mass is 249 g/mol. The predicted octanol–water partition coefficient (Wildman–Crippen LogP) is 4.05. The van der Waals surface area contributed by atoms with Gasteiger partial charge in [0.1, 0.15) is 5.82 Å². The van der Waals surface area contributed by atoms with Gasteiger partial charge in [0.05, 0.1) is 0 Å². The number of halogens is 1. The van der Waals surface area contributed by atoms with E-state index in [1.165, 1.54) is 0 Å². The summed E-state index contributed by atoms with van der Waals surface area (Å²) in [5.74, 6) is -0.127. The highest BCUT2D eigenvalue weighted by molar-refractivity contribution is 7.08. The number of hydrogen-bond donors (Lipinski definition) is 1. The molecule has 0 aliphatic carbocycles. The van der Waals surface area contributed by atoms with Crippen molar-refractivity contribution in [1.29, 1.82) is 0 Å². The van der Waals surface area contributed by atoms with Crippen LogP contribution in [0.4, 0.5) is 4.39 Å². The molecule has 0 bridgehead atoms. The second-order valence-electron chi connectivity index (χ2n) is 3.99. The summed E-state index contributed by atoms with van der Waals surface area (Å²) in [4.78, 5) is 0. The molecule has 0 unspecified atom stereocenters. The van der Waals surface area contributed by atoms with E-state index in [4.69, 9.17) is 0 Å². The Balaban J connectivity index is 2.12. The van der Waals surface area contributed by atoms with Crippen LogP contribution >= 0.6 is 11.3 Å². The van der Waals surface area contributed by atoms with Crippen molar-refractivity contribution in [2.45, 2.75) is 19.9 Å². The average molecular weight is 249 g/mol. The molecule has 1 nitrogen and oxygen atoms in total. The number of rotatable bonds is 5. The lowest BCUT2D eigenvalue weighted by atomic mass is 10.1. The van der Waals surface area contributed by atoms with E-state index in [-0.39, 0.29) is 5.82 Å². The molecule has 1 N–H and O–H groups in total. The van der Waals surface area contributed by atoms with Gasteiger partial charge in [-0.1, -0.05) is 19.1 Å². The van der Waals surface area contributed by atoms with Gasteiger partial charge in [-0.05, 0) is 47.0 Å². The fourth-order valence-electron chi connectivity index (χ4n) is 1.70. The standard InChI is InChI=1S/C14H16FNS/c1-2-6-16-9-12-4-3-11(8-14(12)15)13-5-7-17-10-13/h3-5,7-8,10,16H,2,6,9H2,1H3. The minimum absolute atomic E-state index is 0.127. The molecule has 1 aromatic carbocycles. The van der Waals surface area contributed by atoms with Crippen LogP contribution in [0.3, 0.4) is 0 Å². The van der Waals surface area contributed by atoms with Crippen LogP contribution in [0.1, 0.15) is 18.9 Å². The second kappa shape index (κ2) is 5.94. The minimum atomic E-state index is -0.127. The number of nitrogens with one attached hydrogen (secondary N) is 1. The van der Waals surface area contributed by atoms with Crippen molar-refractivity contribution in [3.63, 3.8) is 0 Å². The van der Waals surface area contributed by atoms with Gasteiger partial charge in [0, 0.05) is 12.1 Å². The molecule has 3 heteroatoms. The molecule has 90 valence electrons. The normalized spacial score (nSPS) is 10.7. The largest absolute Gasteiger partial charge is 0.313 e. The summed E-state index contributed by atoms with van der Waals surface area (Å²) in [5, 5.41) is 7.24. The van der Waals surface area contributed by atoms with Gasteiger partial charge in [-0.15, -0.1) is 0 Å². The van der Waals surface area contributed by atoms with E-state index in [2.05, 4.69) is 12.2 Å². The molecule has 0 saturated carbocycles. The molecule has 0 spiro atoms. The molecule has 0 atom stereocenters. The van der Waals surface area contributed by atoms with Crippen molar-refractivity contribution in [3.8, 4) is 11.1 Å². The van der Waals surface area contributed by atoms with Crippen LogP contribution in [0, 0.1) is 5.82 Å². The lowest BCUT2D eigenvalue weighted by molar-refractivity contribution is 0.587. The Kier molecular flexibility index (Phi) is 4.29. The molecule has 1 heterocycles. The molecule has 2 rings (SSSR count). The lowest BCUT2D eigenvalue weighted by Gasteiger charge is -2.06. The van der Waals surface area contributed by atoms with Crippen LogP contribution in [0.2, 0.25) is 0 Å². The van der Waals surface area contributed by atoms with Crippen molar-refractivity contribution >= 4 is 11.3 Å². The molecule has 0 saturated heterocycles. The van der Waals surface area contributed by atoms with Gasteiger partial charge in [-0.25, -0.2) is 4.39 Å². The van der Waals surface area contributed by atoms with Crippen LogP contribution in [0.15, 0.2) is 35.0 Å². The Morgan fingerprint density at radius 3 is 2.76 bits per heavy atom. The van der Waals surface area contributed by atoms with Crippen molar-refractivity contribution in [3.05, 3.63) is 46.4 Å². The van der Waals surface area contributed by atoms with Crippen molar-refractivity contribution in [2.75, 3.05) is 6.54 Å². The fraction of sp³-hybridized carbons (Fsp3) is 0.286. The van der Waals surface area contributed by atoms with Gasteiger partial charge < -0.3 is 5.32 Å². The molecule has 0 radical (unpaired) electrons. The molecule has 0 fully saturated rings. The fourth-order valence-corrected chi connectivity index (χ4v) is 2.36. The van der Waals surface area contributed by atoms with Crippen molar-refractivity contribution in [2.24, 2.45) is 0 Å². The third kappa shape index (κ3) is 3.14. The Bertz CT molecular complexity index is 465. The zero-order valence-electron chi connectivity index (χ0n) is 9.87. The Morgan fingerprint density at radius 2 is 2.12 bits per heavy atom. The van der Waals surface area contributed by atoms with Crippen LogP contribution in [-0.4, -0.2) is 6.54 Å². The zero-order valence-corrected chi connectivity index (χ0v) is 10.7. The molecule has 17 heavy (non-hydrogen) atoms. The molecule has 2 aromatic rings. The molecule has 0 aliphatic heterocycles. The first-order chi connectivity index (χ1) is 8.31. The van der Waals surface area contributed by atoms with E-state index in [0.29, 0.717) is 6.54 Å². The summed E-state index contributed by atoms with van der Waals surface area (Å²) < 4.78 is 13.8. The van der Waals surface area contributed by atoms with E-state index < -0.39 is 0 Å².